The summed E-state index contributed by atoms with van der Waals surface area (Å²) < 4.78 is 0. The summed E-state index contributed by atoms with van der Waals surface area (Å²) in [5, 5.41) is 6.88. The van der Waals surface area contributed by atoms with Gasteiger partial charge in [0.1, 0.15) is 6.17 Å². The Balaban J connectivity index is 1.91. The standard InChI is InChI=1S/C13H12N2/c1-2-6-10(7-3-1)13-14-11-8-4-5-9-12(11)15-13/h1-9,13-15H. The second kappa shape index (κ2) is 3.31. The first kappa shape index (κ1) is 8.36. The third-order valence-corrected chi connectivity index (χ3v) is 2.66. The van der Waals surface area contributed by atoms with Crippen molar-refractivity contribution in [3.63, 3.8) is 0 Å². The first-order chi connectivity index (χ1) is 7.43. The Morgan fingerprint density at radius 1 is 0.667 bits per heavy atom. The Morgan fingerprint density at radius 2 is 1.20 bits per heavy atom. The van der Waals surface area contributed by atoms with Gasteiger partial charge in [-0.1, -0.05) is 42.5 Å². The zero-order valence-corrected chi connectivity index (χ0v) is 8.27. The van der Waals surface area contributed by atoms with E-state index in [9.17, 15) is 0 Å². The molecule has 0 atom stereocenters. The van der Waals surface area contributed by atoms with Crippen LogP contribution in [0.15, 0.2) is 54.6 Å². The summed E-state index contributed by atoms with van der Waals surface area (Å²) in [6.45, 7) is 0. The van der Waals surface area contributed by atoms with Gasteiger partial charge in [0.05, 0.1) is 11.4 Å². The highest BCUT2D eigenvalue weighted by Gasteiger charge is 2.19. The normalized spacial score (nSPS) is 14.1. The lowest BCUT2D eigenvalue weighted by Gasteiger charge is -2.12. The van der Waals surface area contributed by atoms with Gasteiger partial charge in [0.2, 0.25) is 0 Å². The van der Waals surface area contributed by atoms with Crippen LogP contribution in [0.1, 0.15) is 11.7 Å². The molecule has 74 valence electrons. The highest BCUT2D eigenvalue weighted by atomic mass is 15.2. The first-order valence-electron chi connectivity index (χ1n) is 5.10. The average molecular weight is 196 g/mol. The van der Waals surface area contributed by atoms with Crippen molar-refractivity contribution in [2.24, 2.45) is 0 Å². The maximum Gasteiger partial charge on any atom is 0.123 e. The smallest absolute Gasteiger partial charge is 0.123 e. The summed E-state index contributed by atoms with van der Waals surface area (Å²) in [6.07, 6.45) is 0.198. The molecule has 15 heavy (non-hydrogen) atoms. The Hall–Kier alpha value is -1.96. The molecule has 1 heterocycles. The molecule has 0 unspecified atom stereocenters. The Morgan fingerprint density at radius 3 is 1.80 bits per heavy atom. The Bertz CT molecular complexity index is 440. The largest absolute Gasteiger partial charge is 0.360 e. The number of nitrogens with one attached hydrogen (secondary N) is 2. The van der Waals surface area contributed by atoms with E-state index in [2.05, 4.69) is 47.0 Å². The molecular formula is C13H12N2. The quantitative estimate of drug-likeness (QED) is 0.731. The van der Waals surface area contributed by atoms with Crippen LogP contribution in [0.4, 0.5) is 11.4 Å². The van der Waals surface area contributed by atoms with Crippen LogP contribution in [-0.2, 0) is 0 Å². The molecule has 0 aliphatic carbocycles. The predicted octanol–water partition coefficient (Wildman–Crippen LogP) is 3.22. The van der Waals surface area contributed by atoms with Crippen molar-refractivity contribution in [2.75, 3.05) is 10.6 Å². The molecule has 2 aromatic carbocycles. The maximum absolute atomic E-state index is 3.44. The van der Waals surface area contributed by atoms with Crippen LogP contribution in [0.2, 0.25) is 0 Å². The molecule has 2 nitrogen and oxygen atoms in total. The van der Waals surface area contributed by atoms with Crippen LogP contribution in [0, 0.1) is 0 Å². The minimum absolute atomic E-state index is 0.198. The lowest BCUT2D eigenvalue weighted by molar-refractivity contribution is 0.941. The van der Waals surface area contributed by atoms with E-state index in [0.717, 1.165) is 0 Å². The SMILES string of the molecule is c1ccc(C2Nc3ccccc3N2)cc1. The van der Waals surface area contributed by atoms with E-state index in [1.165, 1.54) is 16.9 Å². The molecule has 0 saturated carbocycles. The van der Waals surface area contributed by atoms with Gasteiger partial charge in [-0.25, -0.2) is 0 Å². The van der Waals surface area contributed by atoms with Crippen LogP contribution < -0.4 is 10.6 Å². The number of para-hydroxylation sites is 2. The van der Waals surface area contributed by atoms with Gasteiger partial charge in [0.25, 0.3) is 0 Å². The van der Waals surface area contributed by atoms with Gasteiger partial charge in [-0.15, -0.1) is 0 Å². The van der Waals surface area contributed by atoms with Crippen molar-refractivity contribution in [1.29, 1.82) is 0 Å². The zero-order valence-electron chi connectivity index (χ0n) is 8.27. The summed E-state index contributed by atoms with van der Waals surface area (Å²) in [4.78, 5) is 0. The minimum Gasteiger partial charge on any atom is -0.360 e. The monoisotopic (exact) mass is 196 g/mol. The van der Waals surface area contributed by atoms with Crippen molar-refractivity contribution in [3.05, 3.63) is 60.2 Å². The van der Waals surface area contributed by atoms with E-state index in [0.29, 0.717) is 0 Å². The zero-order chi connectivity index (χ0) is 10.1. The molecule has 0 amide bonds. The maximum atomic E-state index is 3.44. The highest BCUT2D eigenvalue weighted by molar-refractivity contribution is 5.74. The molecular weight excluding hydrogens is 184 g/mol. The van der Waals surface area contributed by atoms with Gasteiger partial charge in [-0.3, -0.25) is 0 Å². The van der Waals surface area contributed by atoms with Crippen LogP contribution in [0.25, 0.3) is 0 Å². The third kappa shape index (κ3) is 1.44. The van der Waals surface area contributed by atoms with Crippen molar-refractivity contribution >= 4 is 11.4 Å². The second-order valence-corrected chi connectivity index (χ2v) is 3.68. The van der Waals surface area contributed by atoms with E-state index in [1.54, 1.807) is 0 Å². The molecule has 0 radical (unpaired) electrons. The third-order valence-electron chi connectivity index (χ3n) is 2.66. The molecule has 0 aromatic heterocycles. The van der Waals surface area contributed by atoms with Gasteiger partial charge in [-0.05, 0) is 17.7 Å². The van der Waals surface area contributed by atoms with Crippen molar-refractivity contribution in [3.8, 4) is 0 Å². The summed E-state index contributed by atoms with van der Waals surface area (Å²) >= 11 is 0. The summed E-state index contributed by atoms with van der Waals surface area (Å²) in [5.41, 5.74) is 3.60. The number of hydrogen-bond donors (Lipinski definition) is 2. The number of rotatable bonds is 1. The lowest BCUT2D eigenvalue weighted by Crippen LogP contribution is -2.11. The fourth-order valence-electron chi connectivity index (χ4n) is 1.89. The summed E-state index contributed by atoms with van der Waals surface area (Å²) in [5.74, 6) is 0. The van der Waals surface area contributed by atoms with Gasteiger partial charge in [-0.2, -0.15) is 0 Å². The lowest BCUT2D eigenvalue weighted by atomic mass is 10.2. The van der Waals surface area contributed by atoms with E-state index in [1.807, 2.05) is 18.2 Å². The topological polar surface area (TPSA) is 24.1 Å². The molecule has 3 rings (SSSR count). The molecule has 1 aliphatic heterocycles. The fraction of sp³-hybridized carbons (Fsp3) is 0.0769. The number of benzene rings is 2. The Labute approximate surface area is 88.9 Å². The summed E-state index contributed by atoms with van der Waals surface area (Å²) in [6, 6.07) is 18.7. The van der Waals surface area contributed by atoms with Crippen LogP contribution in [-0.4, -0.2) is 0 Å². The van der Waals surface area contributed by atoms with Gasteiger partial charge >= 0.3 is 0 Å². The molecule has 2 heteroatoms. The van der Waals surface area contributed by atoms with Crippen molar-refractivity contribution in [1.82, 2.24) is 0 Å². The predicted molar refractivity (Wildman–Crippen MR) is 62.9 cm³/mol. The molecule has 0 bridgehead atoms. The molecule has 0 spiro atoms. The number of fused-ring (bicyclic) bond motifs is 1. The van der Waals surface area contributed by atoms with Crippen LogP contribution in [0.3, 0.4) is 0 Å². The van der Waals surface area contributed by atoms with Crippen molar-refractivity contribution in [2.45, 2.75) is 6.17 Å². The summed E-state index contributed by atoms with van der Waals surface area (Å²) in [7, 11) is 0. The van der Waals surface area contributed by atoms with Gasteiger partial charge in [0.15, 0.2) is 0 Å². The Kier molecular flexibility index (Phi) is 1.85. The molecule has 2 aromatic rings. The van der Waals surface area contributed by atoms with Gasteiger partial charge in [0, 0.05) is 0 Å². The van der Waals surface area contributed by atoms with E-state index in [-0.39, 0.29) is 6.17 Å². The van der Waals surface area contributed by atoms with Gasteiger partial charge < -0.3 is 10.6 Å². The van der Waals surface area contributed by atoms with E-state index >= 15 is 0 Å². The first-order valence-corrected chi connectivity index (χ1v) is 5.10. The average Bonchev–Trinajstić information content (AvgIpc) is 2.74. The second-order valence-electron chi connectivity index (χ2n) is 3.68. The van der Waals surface area contributed by atoms with Crippen molar-refractivity contribution < 1.29 is 0 Å². The van der Waals surface area contributed by atoms with E-state index in [4.69, 9.17) is 0 Å². The van der Waals surface area contributed by atoms with Crippen LogP contribution in [0.5, 0.6) is 0 Å². The fourth-order valence-corrected chi connectivity index (χ4v) is 1.89. The molecule has 0 fully saturated rings. The number of hydrogen-bond acceptors (Lipinski definition) is 2. The van der Waals surface area contributed by atoms with Crippen LogP contribution >= 0.6 is 0 Å². The minimum atomic E-state index is 0.198. The van der Waals surface area contributed by atoms with E-state index < -0.39 is 0 Å². The molecule has 0 saturated heterocycles. The number of anilines is 2. The molecule has 2 N–H and O–H groups in total. The molecule has 1 aliphatic rings. The highest BCUT2D eigenvalue weighted by Crippen LogP contribution is 2.34.